The summed E-state index contributed by atoms with van der Waals surface area (Å²) in [6, 6.07) is 12.4. The molecule has 0 fully saturated rings. The largest absolute Gasteiger partial charge is 0.395 e. The molecule has 1 N–H and O–H groups in total. The minimum atomic E-state index is -0.219. The fourth-order valence-corrected chi connectivity index (χ4v) is 2.54. The molecule has 1 nitrogen and oxygen atoms in total. The van der Waals surface area contributed by atoms with Gasteiger partial charge in [-0.2, -0.15) is 0 Å². The van der Waals surface area contributed by atoms with Crippen molar-refractivity contribution in [1.29, 1.82) is 0 Å². The van der Waals surface area contributed by atoms with E-state index >= 15 is 0 Å². The summed E-state index contributed by atoms with van der Waals surface area (Å²) in [7, 11) is 0. The average Bonchev–Trinajstić information content (AvgIpc) is 2.29. The summed E-state index contributed by atoms with van der Waals surface area (Å²) >= 11 is 3.59. The van der Waals surface area contributed by atoms with Gasteiger partial charge in [0.25, 0.3) is 0 Å². The van der Waals surface area contributed by atoms with Crippen LogP contribution in [0.15, 0.2) is 40.9 Å². The first-order valence-corrected chi connectivity index (χ1v) is 6.14. The summed E-state index contributed by atoms with van der Waals surface area (Å²) in [6.45, 7) is 4.26. The number of aliphatic hydroxyl groups is 1. The Morgan fingerprint density at radius 3 is 2.38 bits per heavy atom. The van der Waals surface area contributed by atoms with Crippen molar-refractivity contribution >= 4 is 26.7 Å². The fourth-order valence-electron chi connectivity index (χ4n) is 1.94. The van der Waals surface area contributed by atoms with Gasteiger partial charge in [-0.25, -0.2) is 0 Å². The first kappa shape index (κ1) is 11.6. The van der Waals surface area contributed by atoms with Gasteiger partial charge in [-0.05, 0) is 22.4 Å². The van der Waals surface area contributed by atoms with Crippen LogP contribution in [-0.2, 0) is 5.41 Å². The van der Waals surface area contributed by atoms with E-state index in [2.05, 4.69) is 48.0 Å². The zero-order chi connectivity index (χ0) is 11.8. The molecule has 0 aliphatic heterocycles. The summed E-state index contributed by atoms with van der Waals surface area (Å²) in [4.78, 5) is 0. The Balaban J connectivity index is 2.80. The van der Waals surface area contributed by atoms with E-state index in [1.807, 2.05) is 18.2 Å². The van der Waals surface area contributed by atoms with Gasteiger partial charge in [0.1, 0.15) is 0 Å². The highest BCUT2D eigenvalue weighted by atomic mass is 79.9. The smallest absolute Gasteiger partial charge is 0.0522 e. The van der Waals surface area contributed by atoms with Gasteiger partial charge in [-0.1, -0.05) is 60.1 Å². The molecule has 0 bridgehead atoms. The van der Waals surface area contributed by atoms with Crippen molar-refractivity contribution in [2.24, 2.45) is 0 Å². The van der Waals surface area contributed by atoms with Crippen molar-refractivity contribution in [3.05, 3.63) is 46.4 Å². The van der Waals surface area contributed by atoms with Crippen molar-refractivity contribution in [3.63, 3.8) is 0 Å². The number of hydrogen-bond donors (Lipinski definition) is 1. The summed E-state index contributed by atoms with van der Waals surface area (Å²) in [5, 5.41) is 11.9. The van der Waals surface area contributed by atoms with Crippen LogP contribution in [0.5, 0.6) is 0 Å². The van der Waals surface area contributed by atoms with Gasteiger partial charge in [0, 0.05) is 9.89 Å². The molecule has 0 saturated carbocycles. The van der Waals surface area contributed by atoms with Crippen LogP contribution in [0.4, 0.5) is 0 Å². The quantitative estimate of drug-likeness (QED) is 0.884. The van der Waals surface area contributed by atoms with Gasteiger partial charge in [0.15, 0.2) is 0 Å². The standard InChI is InChI=1S/C14H15BrO/c1-14(2,9-16)11-7-3-5-10-6-4-8-12(15)13(10)11/h3-8,16H,9H2,1-2H3. The van der Waals surface area contributed by atoms with Crippen LogP contribution in [0.3, 0.4) is 0 Å². The van der Waals surface area contributed by atoms with Crippen molar-refractivity contribution in [1.82, 2.24) is 0 Å². The van der Waals surface area contributed by atoms with E-state index in [0.717, 1.165) is 4.47 Å². The lowest BCUT2D eigenvalue weighted by Gasteiger charge is -2.24. The highest BCUT2D eigenvalue weighted by molar-refractivity contribution is 9.10. The molecule has 0 atom stereocenters. The second kappa shape index (κ2) is 4.19. The number of rotatable bonds is 2. The van der Waals surface area contributed by atoms with E-state index in [1.165, 1.54) is 16.3 Å². The number of hydrogen-bond acceptors (Lipinski definition) is 1. The highest BCUT2D eigenvalue weighted by Gasteiger charge is 2.22. The number of fused-ring (bicyclic) bond motifs is 1. The zero-order valence-electron chi connectivity index (χ0n) is 9.50. The molecule has 0 spiro atoms. The maximum atomic E-state index is 9.48. The average molecular weight is 279 g/mol. The first-order valence-electron chi connectivity index (χ1n) is 5.35. The van der Waals surface area contributed by atoms with Gasteiger partial charge >= 0.3 is 0 Å². The second-order valence-electron chi connectivity index (χ2n) is 4.69. The van der Waals surface area contributed by atoms with Crippen LogP contribution in [0.25, 0.3) is 10.8 Å². The van der Waals surface area contributed by atoms with Crippen molar-refractivity contribution in [2.75, 3.05) is 6.61 Å². The third kappa shape index (κ3) is 1.87. The van der Waals surface area contributed by atoms with Crippen LogP contribution in [0, 0.1) is 0 Å². The van der Waals surface area contributed by atoms with E-state index < -0.39 is 0 Å². The molecule has 0 aliphatic rings. The lowest BCUT2D eigenvalue weighted by molar-refractivity contribution is 0.219. The maximum absolute atomic E-state index is 9.48. The molecular formula is C14H15BrO. The van der Waals surface area contributed by atoms with Crippen molar-refractivity contribution in [2.45, 2.75) is 19.3 Å². The molecule has 0 amide bonds. The van der Waals surface area contributed by atoms with Crippen LogP contribution in [-0.4, -0.2) is 11.7 Å². The second-order valence-corrected chi connectivity index (χ2v) is 5.54. The van der Waals surface area contributed by atoms with E-state index in [4.69, 9.17) is 0 Å². The normalized spacial score (nSPS) is 12.0. The fraction of sp³-hybridized carbons (Fsp3) is 0.286. The lowest BCUT2D eigenvalue weighted by Crippen LogP contribution is -2.22. The molecule has 2 aromatic rings. The Bertz CT molecular complexity index is 512. The Morgan fingerprint density at radius 2 is 1.75 bits per heavy atom. The van der Waals surface area contributed by atoms with Crippen LogP contribution in [0.2, 0.25) is 0 Å². The maximum Gasteiger partial charge on any atom is 0.0522 e. The molecule has 84 valence electrons. The van der Waals surface area contributed by atoms with Crippen LogP contribution < -0.4 is 0 Å². The third-order valence-corrected chi connectivity index (χ3v) is 3.64. The van der Waals surface area contributed by atoms with Crippen molar-refractivity contribution < 1.29 is 5.11 Å². The summed E-state index contributed by atoms with van der Waals surface area (Å²) in [5.74, 6) is 0. The minimum Gasteiger partial charge on any atom is -0.395 e. The molecule has 0 unspecified atom stereocenters. The highest BCUT2D eigenvalue weighted by Crippen LogP contribution is 2.34. The van der Waals surface area contributed by atoms with Crippen molar-refractivity contribution in [3.8, 4) is 0 Å². The van der Waals surface area contributed by atoms with Gasteiger partial charge < -0.3 is 5.11 Å². The van der Waals surface area contributed by atoms with Crippen LogP contribution in [0.1, 0.15) is 19.4 Å². The number of aliphatic hydroxyl groups excluding tert-OH is 1. The molecule has 0 heterocycles. The Morgan fingerprint density at radius 1 is 1.12 bits per heavy atom. The number of halogens is 1. The molecule has 0 aromatic heterocycles. The third-order valence-electron chi connectivity index (χ3n) is 2.98. The van der Waals surface area contributed by atoms with Gasteiger partial charge in [0.05, 0.1) is 6.61 Å². The molecule has 0 radical (unpaired) electrons. The lowest BCUT2D eigenvalue weighted by atomic mass is 9.82. The van der Waals surface area contributed by atoms with Gasteiger partial charge in [-0.3, -0.25) is 0 Å². The minimum absolute atomic E-state index is 0.146. The molecule has 2 heteroatoms. The summed E-state index contributed by atoms with van der Waals surface area (Å²) < 4.78 is 1.09. The van der Waals surface area contributed by atoms with E-state index in [-0.39, 0.29) is 12.0 Å². The predicted molar refractivity (Wildman–Crippen MR) is 71.8 cm³/mol. The zero-order valence-corrected chi connectivity index (χ0v) is 11.1. The van der Waals surface area contributed by atoms with E-state index in [9.17, 15) is 5.11 Å². The molecule has 0 saturated heterocycles. The summed E-state index contributed by atoms with van der Waals surface area (Å²) in [6.07, 6.45) is 0. The Kier molecular flexibility index (Phi) is 3.04. The van der Waals surface area contributed by atoms with E-state index in [1.54, 1.807) is 0 Å². The molecule has 0 aliphatic carbocycles. The Labute approximate surface area is 104 Å². The first-order chi connectivity index (χ1) is 7.56. The number of benzene rings is 2. The van der Waals surface area contributed by atoms with Gasteiger partial charge in [-0.15, -0.1) is 0 Å². The summed E-state index contributed by atoms with van der Waals surface area (Å²) in [5.41, 5.74) is 0.962. The molecule has 2 rings (SSSR count). The molecule has 16 heavy (non-hydrogen) atoms. The van der Waals surface area contributed by atoms with Crippen LogP contribution >= 0.6 is 15.9 Å². The molecule has 2 aromatic carbocycles. The monoisotopic (exact) mass is 278 g/mol. The van der Waals surface area contributed by atoms with E-state index in [0.29, 0.717) is 0 Å². The molecular weight excluding hydrogens is 264 g/mol. The predicted octanol–water partition coefficient (Wildman–Crippen LogP) is 3.87. The topological polar surface area (TPSA) is 20.2 Å². The van der Waals surface area contributed by atoms with Gasteiger partial charge in [0.2, 0.25) is 0 Å². The SMILES string of the molecule is CC(C)(CO)c1cccc2cccc(Br)c12. The Hall–Kier alpha value is -0.860.